The lowest BCUT2D eigenvalue weighted by molar-refractivity contribution is -0.0500. The van der Waals surface area contributed by atoms with E-state index in [0.29, 0.717) is 5.69 Å². The third-order valence-corrected chi connectivity index (χ3v) is 2.80. The highest BCUT2D eigenvalue weighted by Gasteiger charge is 2.48. The van der Waals surface area contributed by atoms with E-state index in [1.165, 1.54) is 12.1 Å². The average molecular weight is 269 g/mol. The fraction of sp³-hybridized carbons (Fsp3) is 0.333. The van der Waals surface area contributed by atoms with Crippen LogP contribution in [0.1, 0.15) is 0 Å². The summed E-state index contributed by atoms with van der Waals surface area (Å²) in [7, 11) is -2.28. The molecule has 8 heteroatoms. The molecule has 0 spiro atoms. The Morgan fingerprint density at radius 3 is 2.29 bits per heavy atom. The van der Waals surface area contributed by atoms with E-state index >= 15 is 0 Å². The third kappa shape index (κ3) is 3.26. The Kier molecular flexibility index (Phi) is 3.56. The van der Waals surface area contributed by atoms with E-state index in [1.54, 1.807) is 25.1 Å². The Balaban J connectivity index is 3.01. The van der Waals surface area contributed by atoms with Crippen molar-refractivity contribution in [3.63, 3.8) is 0 Å². The van der Waals surface area contributed by atoms with Gasteiger partial charge in [0.25, 0.3) is 0 Å². The van der Waals surface area contributed by atoms with Crippen molar-refractivity contribution in [1.82, 2.24) is 0 Å². The lowest BCUT2D eigenvalue weighted by Crippen LogP contribution is -2.28. The van der Waals surface area contributed by atoms with Crippen LogP contribution in [-0.2, 0) is 10.1 Å². The van der Waals surface area contributed by atoms with Crippen molar-refractivity contribution in [2.75, 3.05) is 19.0 Å². The van der Waals surface area contributed by atoms with Crippen LogP contribution >= 0.6 is 0 Å². The number of alkyl halides is 3. The van der Waals surface area contributed by atoms with Crippen LogP contribution in [0.3, 0.4) is 0 Å². The summed E-state index contributed by atoms with van der Waals surface area (Å²) in [4.78, 5) is 1.60. The minimum absolute atomic E-state index is 0.381. The maximum absolute atomic E-state index is 12.1. The molecule has 0 aliphatic carbocycles. The maximum atomic E-state index is 12.1. The molecule has 96 valence electrons. The molecule has 0 atom stereocenters. The van der Waals surface area contributed by atoms with Crippen LogP contribution in [0, 0.1) is 0 Å². The van der Waals surface area contributed by atoms with E-state index in [2.05, 4.69) is 4.18 Å². The van der Waals surface area contributed by atoms with Crippen molar-refractivity contribution in [1.29, 1.82) is 0 Å². The molecule has 17 heavy (non-hydrogen) atoms. The fourth-order valence-electron chi connectivity index (χ4n) is 0.987. The van der Waals surface area contributed by atoms with E-state index in [1.807, 2.05) is 0 Å². The van der Waals surface area contributed by atoms with Crippen LogP contribution in [0.15, 0.2) is 24.3 Å². The van der Waals surface area contributed by atoms with Crippen LogP contribution in [-0.4, -0.2) is 28.0 Å². The van der Waals surface area contributed by atoms with Crippen molar-refractivity contribution in [2.45, 2.75) is 5.51 Å². The first-order valence-electron chi connectivity index (χ1n) is 4.41. The highest BCUT2D eigenvalue weighted by atomic mass is 32.2. The highest BCUT2D eigenvalue weighted by Crippen LogP contribution is 2.28. The van der Waals surface area contributed by atoms with Crippen LogP contribution in [0.25, 0.3) is 0 Å². The summed E-state index contributed by atoms with van der Waals surface area (Å²) >= 11 is 0. The molecule has 0 saturated heterocycles. The molecule has 1 rings (SSSR count). The molecule has 0 amide bonds. The van der Waals surface area contributed by atoms with E-state index in [9.17, 15) is 21.6 Å². The molecule has 0 N–H and O–H groups in total. The first-order chi connectivity index (χ1) is 7.63. The predicted octanol–water partition coefficient (Wildman–Crippen LogP) is 1.98. The largest absolute Gasteiger partial charge is 0.534 e. The van der Waals surface area contributed by atoms with Gasteiger partial charge in [0, 0.05) is 25.8 Å². The van der Waals surface area contributed by atoms with E-state index < -0.39 is 15.6 Å². The van der Waals surface area contributed by atoms with Crippen LogP contribution in [0.2, 0.25) is 0 Å². The van der Waals surface area contributed by atoms with Gasteiger partial charge >= 0.3 is 15.6 Å². The normalized spacial score (nSPS) is 12.3. The van der Waals surface area contributed by atoms with Gasteiger partial charge in [-0.05, 0) is 12.1 Å². The number of benzene rings is 1. The predicted molar refractivity (Wildman–Crippen MR) is 56.4 cm³/mol. The smallest absolute Gasteiger partial charge is 0.378 e. The maximum Gasteiger partial charge on any atom is 0.534 e. The molecule has 0 aromatic heterocycles. The van der Waals surface area contributed by atoms with Gasteiger partial charge in [0.15, 0.2) is 0 Å². The van der Waals surface area contributed by atoms with Gasteiger partial charge in [-0.15, -0.1) is 0 Å². The van der Waals surface area contributed by atoms with E-state index in [-0.39, 0.29) is 5.75 Å². The zero-order chi connectivity index (χ0) is 13.3. The Bertz CT molecular complexity index is 496. The summed E-state index contributed by atoms with van der Waals surface area (Å²) in [5.74, 6) is -0.381. The Labute approximate surface area is 96.7 Å². The van der Waals surface area contributed by atoms with Gasteiger partial charge in [0.2, 0.25) is 0 Å². The van der Waals surface area contributed by atoms with Crippen molar-refractivity contribution in [3.8, 4) is 5.75 Å². The lowest BCUT2D eigenvalue weighted by atomic mass is 10.3. The summed E-state index contributed by atoms with van der Waals surface area (Å²) in [6.07, 6.45) is 0. The van der Waals surface area contributed by atoms with Crippen molar-refractivity contribution < 1.29 is 25.8 Å². The van der Waals surface area contributed by atoms with Gasteiger partial charge in [0.05, 0.1) is 0 Å². The molecule has 0 aliphatic rings. The Morgan fingerprint density at radius 1 is 1.24 bits per heavy atom. The molecule has 0 unspecified atom stereocenters. The van der Waals surface area contributed by atoms with Gasteiger partial charge < -0.3 is 9.08 Å². The molecule has 0 radical (unpaired) electrons. The van der Waals surface area contributed by atoms with Gasteiger partial charge in [-0.3, -0.25) is 0 Å². The van der Waals surface area contributed by atoms with Gasteiger partial charge in [-0.2, -0.15) is 21.6 Å². The summed E-state index contributed by atoms with van der Waals surface area (Å²) in [6.45, 7) is 0. The molecular weight excluding hydrogens is 259 g/mol. The second kappa shape index (κ2) is 4.44. The van der Waals surface area contributed by atoms with Crippen LogP contribution in [0.4, 0.5) is 18.9 Å². The van der Waals surface area contributed by atoms with Gasteiger partial charge in [-0.1, -0.05) is 6.07 Å². The molecule has 0 aliphatic heterocycles. The summed E-state index contributed by atoms with van der Waals surface area (Å²) in [6, 6.07) is 5.34. The number of anilines is 1. The summed E-state index contributed by atoms with van der Waals surface area (Å²) in [5, 5.41) is 0. The Morgan fingerprint density at radius 2 is 1.82 bits per heavy atom. The van der Waals surface area contributed by atoms with Crippen molar-refractivity contribution in [2.24, 2.45) is 0 Å². The third-order valence-electron chi connectivity index (χ3n) is 1.82. The fourth-order valence-corrected chi connectivity index (χ4v) is 1.44. The lowest BCUT2D eigenvalue weighted by Gasteiger charge is -2.14. The first kappa shape index (κ1) is 13.6. The zero-order valence-electron chi connectivity index (χ0n) is 9.02. The molecule has 4 nitrogen and oxygen atoms in total. The second-order valence-corrected chi connectivity index (χ2v) is 4.91. The first-order valence-corrected chi connectivity index (χ1v) is 5.82. The molecule has 0 saturated carbocycles. The Hall–Kier alpha value is -1.44. The van der Waals surface area contributed by atoms with Crippen molar-refractivity contribution in [3.05, 3.63) is 24.3 Å². The molecular formula is C9H10F3NO3S. The van der Waals surface area contributed by atoms with E-state index in [4.69, 9.17) is 0 Å². The number of rotatable bonds is 3. The number of halogens is 3. The molecule has 1 aromatic carbocycles. The highest BCUT2D eigenvalue weighted by molar-refractivity contribution is 7.87. The number of nitrogens with zero attached hydrogens (tertiary/aromatic N) is 1. The number of hydrogen-bond acceptors (Lipinski definition) is 4. The summed E-state index contributed by atoms with van der Waals surface area (Å²) in [5.41, 5.74) is -4.90. The minimum Gasteiger partial charge on any atom is -0.378 e. The molecule has 0 bridgehead atoms. The van der Waals surface area contributed by atoms with Crippen LogP contribution in [0.5, 0.6) is 5.75 Å². The van der Waals surface area contributed by atoms with Gasteiger partial charge in [-0.25, -0.2) is 0 Å². The van der Waals surface area contributed by atoms with E-state index in [0.717, 1.165) is 6.07 Å². The minimum atomic E-state index is -5.61. The topological polar surface area (TPSA) is 46.6 Å². The monoisotopic (exact) mass is 269 g/mol. The second-order valence-electron chi connectivity index (χ2n) is 3.37. The van der Waals surface area contributed by atoms with Crippen molar-refractivity contribution >= 4 is 15.8 Å². The molecule has 0 heterocycles. The summed E-state index contributed by atoms with van der Waals surface area (Å²) < 4.78 is 61.6. The number of hydrogen-bond donors (Lipinski definition) is 0. The quantitative estimate of drug-likeness (QED) is 0.622. The molecule has 0 fully saturated rings. The SMILES string of the molecule is CN(C)c1cccc(OS(=O)(=O)C(F)(F)F)c1. The zero-order valence-corrected chi connectivity index (χ0v) is 9.84. The van der Waals surface area contributed by atoms with Gasteiger partial charge in [0.1, 0.15) is 5.75 Å². The average Bonchev–Trinajstić information content (AvgIpc) is 2.15. The standard InChI is InChI=1S/C9H10F3NO3S/c1-13(2)7-4-3-5-8(6-7)16-17(14,15)9(10,11)12/h3-6H,1-2H3. The van der Waals surface area contributed by atoms with Crippen LogP contribution < -0.4 is 9.08 Å². The molecule has 1 aromatic rings.